The number of hydrogen-bond donors (Lipinski definition) is 0. The fourth-order valence-corrected chi connectivity index (χ4v) is 2.71. The molecular weight excluding hydrogens is 336 g/mol. The molecule has 0 bridgehead atoms. The molecule has 4 nitrogen and oxygen atoms in total. The third kappa shape index (κ3) is 4.40. The number of halogens is 1. The maximum atomic E-state index is 13.0. The number of carbonyl (C=O) groups is 2. The number of amides is 2. The van der Waals surface area contributed by atoms with Crippen molar-refractivity contribution in [2.75, 3.05) is 7.05 Å². The zero-order chi connectivity index (χ0) is 18.8. The Morgan fingerprint density at radius 2 is 1.28 bits per heavy atom. The Labute approximate surface area is 154 Å². The van der Waals surface area contributed by atoms with Gasteiger partial charge in [0.1, 0.15) is 0 Å². The van der Waals surface area contributed by atoms with Crippen LogP contribution in [0.15, 0.2) is 48.5 Å². The molecule has 0 saturated carbocycles. The molecule has 2 rings (SSSR count). The van der Waals surface area contributed by atoms with Gasteiger partial charge in [0.05, 0.1) is 5.54 Å². The normalized spacial score (nSPS) is 11.1. The predicted molar refractivity (Wildman–Crippen MR) is 101 cm³/mol. The molecule has 0 aliphatic carbocycles. The Morgan fingerprint density at radius 3 is 1.76 bits per heavy atom. The van der Waals surface area contributed by atoms with Crippen molar-refractivity contribution >= 4 is 23.4 Å². The molecule has 0 aliphatic heterocycles. The maximum absolute atomic E-state index is 13.0. The molecule has 0 aromatic heterocycles. The van der Waals surface area contributed by atoms with Gasteiger partial charge < -0.3 is 0 Å². The van der Waals surface area contributed by atoms with E-state index in [1.807, 2.05) is 39.8 Å². The number of hydrogen-bond acceptors (Lipinski definition) is 2. The van der Waals surface area contributed by atoms with Gasteiger partial charge in [0, 0.05) is 23.2 Å². The number of benzene rings is 2. The number of rotatable bonds is 2. The number of hydrazine groups is 1. The Bertz CT molecular complexity index is 762. The molecule has 0 heterocycles. The van der Waals surface area contributed by atoms with Crippen molar-refractivity contribution in [2.24, 2.45) is 0 Å². The number of nitrogens with zero attached hydrogens (tertiary/aromatic N) is 2. The first kappa shape index (κ1) is 19.0. The molecule has 0 N–H and O–H groups in total. The van der Waals surface area contributed by atoms with Crippen LogP contribution in [0.4, 0.5) is 0 Å². The van der Waals surface area contributed by atoms with Crippen molar-refractivity contribution in [3.05, 3.63) is 70.2 Å². The highest BCUT2D eigenvalue weighted by molar-refractivity contribution is 6.30. The quantitative estimate of drug-likeness (QED) is 0.737. The zero-order valence-electron chi connectivity index (χ0n) is 15.2. The summed E-state index contributed by atoms with van der Waals surface area (Å²) >= 11 is 5.90. The Balaban J connectivity index is 2.36. The standard InChI is InChI=1S/C20H23ClN2O2/c1-14-6-8-15(9-7-14)18(24)22(5)23(20(2,3)4)19(25)16-10-12-17(21)13-11-16/h6-13H,1-5H3. The van der Waals surface area contributed by atoms with Crippen LogP contribution < -0.4 is 0 Å². The second-order valence-corrected chi connectivity index (χ2v) is 7.43. The summed E-state index contributed by atoms with van der Waals surface area (Å²) in [5.41, 5.74) is 1.50. The molecule has 2 amide bonds. The molecule has 25 heavy (non-hydrogen) atoms. The van der Waals surface area contributed by atoms with Gasteiger partial charge in [-0.2, -0.15) is 0 Å². The monoisotopic (exact) mass is 358 g/mol. The molecule has 0 atom stereocenters. The number of aryl methyl sites for hydroxylation is 1. The lowest BCUT2D eigenvalue weighted by Gasteiger charge is -2.41. The van der Waals surface area contributed by atoms with Crippen LogP contribution in [0.25, 0.3) is 0 Å². The number of carbonyl (C=O) groups excluding carboxylic acids is 2. The smallest absolute Gasteiger partial charge is 0.267 e. The van der Waals surface area contributed by atoms with Gasteiger partial charge in [0.2, 0.25) is 0 Å². The third-order valence-electron chi connectivity index (χ3n) is 3.81. The van der Waals surface area contributed by atoms with Crippen LogP contribution in [0.1, 0.15) is 47.1 Å². The third-order valence-corrected chi connectivity index (χ3v) is 4.06. The summed E-state index contributed by atoms with van der Waals surface area (Å²) in [4.78, 5) is 25.9. The summed E-state index contributed by atoms with van der Waals surface area (Å²) in [6.07, 6.45) is 0. The lowest BCUT2D eigenvalue weighted by Crippen LogP contribution is -2.56. The summed E-state index contributed by atoms with van der Waals surface area (Å²) in [6, 6.07) is 13.9. The second-order valence-electron chi connectivity index (χ2n) is 6.99. The Morgan fingerprint density at radius 1 is 0.840 bits per heavy atom. The fourth-order valence-electron chi connectivity index (χ4n) is 2.58. The lowest BCUT2D eigenvalue weighted by atomic mass is 10.1. The van der Waals surface area contributed by atoms with Gasteiger partial charge in [-0.3, -0.25) is 9.59 Å². The molecule has 132 valence electrons. The van der Waals surface area contributed by atoms with Crippen LogP contribution in [0.3, 0.4) is 0 Å². The summed E-state index contributed by atoms with van der Waals surface area (Å²) in [7, 11) is 1.61. The highest BCUT2D eigenvalue weighted by Gasteiger charge is 2.33. The lowest BCUT2D eigenvalue weighted by molar-refractivity contribution is -0.0308. The Kier molecular flexibility index (Phi) is 5.53. The minimum Gasteiger partial charge on any atom is -0.267 e. The Hall–Kier alpha value is -2.33. The van der Waals surface area contributed by atoms with E-state index in [1.165, 1.54) is 10.0 Å². The first-order chi connectivity index (χ1) is 11.6. The van der Waals surface area contributed by atoms with Crippen molar-refractivity contribution in [1.82, 2.24) is 10.0 Å². The maximum Gasteiger partial charge on any atom is 0.272 e. The van der Waals surface area contributed by atoms with E-state index in [9.17, 15) is 9.59 Å². The molecule has 0 spiro atoms. The van der Waals surface area contributed by atoms with Crippen LogP contribution >= 0.6 is 11.6 Å². The van der Waals surface area contributed by atoms with Gasteiger partial charge in [0.25, 0.3) is 11.8 Å². The van der Waals surface area contributed by atoms with Crippen molar-refractivity contribution in [3.63, 3.8) is 0 Å². The molecule has 0 unspecified atom stereocenters. The summed E-state index contributed by atoms with van der Waals surface area (Å²) in [5.74, 6) is -0.496. The van der Waals surface area contributed by atoms with E-state index in [-0.39, 0.29) is 11.8 Å². The van der Waals surface area contributed by atoms with Crippen LogP contribution in [-0.4, -0.2) is 34.4 Å². The van der Waals surface area contributed by atoms with Crippen molar-refractivity contribution < 1.29 is 9.59 Å². The molecule has 2 aromatic carbocycles. The van der Waals surface area contributed by atoms with E-state index in [0.717, 1.165) is 5.56 Å². The minimum atomic E-state index is -0.578. The molecule has 0 radical (unpaired) electrons. The van der Waals surface area contributed by atoms with Crippen LogP contribution in [0.2, 0.25) is 5.02 Å². The van der Waals surface area contributed by atoms with Gasteiger partial charge in [-0.1, -0.05) is 29.3 Å². The van der Waals surface area contributed by atoms with Crippen molar-refractivity contribution in [3.8, 4) is 0 Å². The van der Waals surface area contributed by atoms with E-state index in [0.29, 0.717) is 16.1 Å². The van der Waals surface area contributed by atoms with E-state index >= 15 is 0 Å². The summed E-state index contributed by atoms with van der Waals surface area (Å²) in [6.45, 7) is 7.63. The minimum absolute atomic E-state index is 0.239. The van der Waals surface area contributed by atoms with Gasteiger partial charge in [0.15, 0.2) is 0 Å². The second kappa shape index (κ2) is 7.28. The summed E-state index contributed by atoms with van der Waals surface area (Å²) in [5, 5.41) is 3.41. The molecule has 0 saturated heterocycles. The van der Waals surface area contributed by atoms with Gasteiger partial charge in [-0.25, -0.2) is 10.0 Å². The highest BCUT2D eigenvalue weighted by atomic mass is 35.5. The SMILES string of the molecule is Cc1ccc(C(=O)N(C)N(C(=O)c2ccc(Cl)cc2)C(C)(C)C)cc1. The average molecular weight is 359 g/mol. The van der Waals surface area contributed by atoms with Gasteiger partial charge in [-0.15, -0.1) is 0 Å². The van der Waals surface area contributed by atoms with E-state index in [1.54, 1.807) is 43.4 Å². The molecule has 2 aromatic rings. The molecular formula is C20H23ClN2O2. The van der Waals surface area contributed by atoms with Crippen molar-refractivity contribution in [1.29, 1.82) is 0 Å². The molecule has 5 heteroatoms. The van der Waals surface area contributed by atoms with E-state index in [2.05, 4.69) is 0 Å². The first-order valence-electron chi connectivity index (χ1n) is 8.06. The summed E-state index contributed by atoms with van der Waals surface area (Å²) < 4.78 is 0. The zero-order valence-corrected chi connectivity index (χ0v) is 16.0. The van der Waals surface area contributed by atoms with Crippen LogP contribution in [0.5, 0.6) is 0 Å². The van der Waals surface area contributed by atoms with Crippen LogP contribution in [-0.2, 0) is 0 Å². The first-order valence-corrected chi connectivity index (χ1v) is 8.44. The topological polar surface area (TPSA) is 40.6 Å². The highest BCUT2D eigenvalue weighted by Crippen LogP contribution is 2.22. The molecule has 0 fully saturated rings. The average Bonchev–Trinajstić information content (AvgIpc) is 2.54. The fraction of sp³-hybridized carbons (Fsp3) is 0.300. The van der Waals surface area contributed by atoms with E-state index in [4.69, 9.17) is 11.6 Å². The van der Waals surface area contributed by atoms with Crippen LogP contribution in [0, 0.1) is 6.92 Å². The predicted octanol–water partition coefficient (Wildman–Crippen LogP) is 4.58. The van der Waals surface area contributed by atoms with Gasteiger partial charge in [-0.05, 0) is 64.1 Å². The van der Waals surface area contributed by atoms with Crippen molar-refractivity contribution in [2.45, 2.75) is 33.2 Å². The molecule has 0 aliphatic rings. The van der Waals surface area contributed by atoms with Gasteiger partial charge >= 0.3 is 0 Å². The largest absolute Gasteiger partial charge is 0.272 e. The van der Waals surface area contributed by atoms with E-state index < -0.39 is 5.54 Å².